The highest BCUT2D eigenvalue weighted by Crippen LogP contribution is 2.58. The number of ether oxygens (including phenoxy) is 2. The summed E-state index contributed by atoms with van der Waals surface area (Å²) >= 11 is 0. The lowest BCUT2D eigenvalue weighted by Gasteiger charge is -2.09. The van der Waals surface area contributed by atoms with Crippen LogP contribution in [0.4, 0.5) is 0 Å². The third-order valence-electron chi connectivity index (χ3n) is 4.52. The summed E-state index contributed by atoms with van der Waals surface area (Å²) in [4.78, 5) is 17.2. The van der Waals surface area contributed by atoms with E-state index >= 15 is 0 Å². The van der Waals surface area contributed by atoms with E-state index in [1.807, 2.05) is 68.4 Å². The Balaban J connectivity index is 1.58. The summed E-state index contributed by atoms with van der Waals surface area (Å²) in [5.41, 5.74) is 4.32. The van der Waals surface area contributed by atoms with Crippen molar-refractivity contribution in [3.05, 3.63) is 71.9 Å². The van der Waals surface area contributed by atoms with Crippen molar-refractivity contribution in [3.8, 4) is 11.5 Å². The van der Waals surface area contributed by atoms with Gasteiger partial charge in [-0.2, -0.15) is 0 Å². The highest BCUT2D eigenvalue weighted by molar-refractivity contribution is 5.83. The van der Waals surface area contributed by atoms with Crippen LogP contribution < -0.4 is 10.2 Å². The molecule has 136 valence electrons. The average molecular weight is 353 g/mol. The van der Waals surface area contributed by atoms with Crippen molar-refractivity contribution in [1.29, 1.82) is 0 Å². The zero-order valence-electron chi connectivity index (χ0n) is 15.2. The predicted molar refractivity (Wildman–Crippen MR) is 98.3 cm³/mol. The first kappa shape index (κ1) is 18.0. The van der Waals surface area contributed by atoms with Crippen molar-refractivity contribution in [2.45, 2.75) is 20.5 Å². The fraction of sp³-hybridized carbons (Fsp3) is 0.286. The number of para-hydroxylation sites is 1. The molecular weight excluding hydrogens is 330 g/mol. The van der Waals surface area contributed by atoms with Crippen LogP contribution in [0.2, 0.25) is 0 Å². The number of rotatable bonds is 7. The first-order chi connectivity index (χ1) is 12.5. The smallest absolute Gasteiger partial charge is 0.314 e. The molecule has 0 amide bonds. The molecule has 1 aliphatic carbocycles. The minimum absolute atomic E-state index is 0.207. The molecular formula is C21H23NO4. The molecule has 1 saturated carbocycles. The van der Waals surface area contributed by atoms with Gasteiger partial charge in [0.15, 0.2) is 0 Å². The van der Waals surface area contributed by atoms with Crippen LogP contribution in [0, 0.1) is 11.3 Å². The lowest BCUT2D eigenvalue weighted by atomic mass is 10.1. The Bertz CT molecular complexity index is 799. The monoisotopic (exact) mass is 353 g/mol. The number of carbonyl (C=O) groups is 1. The second kappa shape index (κ2) is 7.62. The van der Waals surface area contributed by atoms with Gasteiger partial charge in [-0.1, -0.05) is 44.2 Å². The van der Waals surface area contributed by atoms with Crippen molar-refractivity contribution < 1.29 is 19.1 Å². The topological polar surface area (TPSA) is 56.8 Å². The maximum atomic E-state index is 12.4. The van der Waals surface area contributed by atoms with E-state index in [0.29, 0.717) is 5.75 Å². The Morgan fingerprint density at radius 2 is 1.85 bits per heavy atom. The lowest BCUT2D eigenvalue weighted by molar-refractivity contribution is -0.147. The summed E-state index contributed by atoms with van der Waals surface area (Å²) < 4.78 is 11.3. The lowest BCUT2D eigenvalue weighted by Crippen LogP contribution is -2.10. The second-order valence-corrected chi connectivity index (χ2v) is 6.75. The molecule has 0 bridgehead atoms. The number of hydrogen-bond acceptors (Lipinski definition) is 5. The molecule has 26 heavy (non-hydrogen) atoms. The summed E-state index contributed by atoms with van der Waals surface area (Å²) in [6.07, 6.45) is 1.72. The first-order valence-corrected chi connectivity index (χ1v) is 8.50. The van der Waals surface area contributed by atoms with E-state index in [1.165, 1.54) is 7.11 Å². The van der Waals surface area contributed by atoms with Crippen LogP contribution >= 0.6 is 0 Å². The summed E-state index contributed by atoms with van der Waals surface area (Å²) in [5.74, 6) is 1.01. The molecule has 1 unspecified atom stereocenters. The number of carbonyl (C=O) groups excluding carboxylic acids is 1. The minimum atomic E-state index is -0.242. The highest BCUT2D eigenvalue weighted by atomic mass is 16.6. The molecule has 5 nitrogen and oxygen atoms in total. The molecule has 3 rings (SSSR count). The van der Waals surface area contributed by atoms with Gasteiger partial charge in [-0.15, -0.1) is 0 Å². The molecule has 0 aromatic heterocycles. The molecule has 0 heterocycles. The Labute approximate surface area is 153 Å². The molecule has 1 atom stereocenters. The number of hydrogen-bond donors (Lipinski definition) is 1. The van der Waals surface area contributed by atoms with Crippen molar-refractivity contribution >= 4 is 5.97 Å². The van der Waals surface area contributed by atoms with Crippen LogP contribution in [0.1, 0.15) is 19.4 Å². The van der Waals surface area contributed by atoms with Gasteiger partial charge in [-0.25, -0.2) is 0 Å². The number of benzene rings is 2. The Kier molecular flexibility index (Phi) is 5.28. The Morgan fingerprint density at radius 1 is 1.12 bits per heavy atom. The van der Waals surface area contributed by atoms with Gasteiger partial charge in [-0.05, 0) is 35.4 Å². The zero-order valence-corrected chi connectivity index (χ0v) is 15.2. The van der Waals surface area contributed by atoms with Gasteiger partial charge in [0.1, 0.15) is 18.1 Å². The van der Waals surface area contributed by atoms with Crippen LogP contribution in [0.3, 0.4) is 0 Å². The Hall–Kier alpha value is -2.79. The quantitative estimate of drug-likeness (QED) is 0.597. The number of esters is 1. The molecule has 5 heteroatoms. The normalized spacial score (nSPS) is 19.0. The van der Waals surface area contributed by atoms with E-state index < -0.39 is 0 Å². The fourth-order valence-corrected chi connectivity index (χ4v) is 2.95. The highest BCUT2D eigenvalue weighted by Gasteiger charge is 2.58. The molecule has 2 aromatic rings. The summed E-state index contributed by atoms with van der Waals surface area (Å²) in [6.45, 7) is 4.23. The van der Waals surface area contributed by atoms with Crippen LogP contribution in [0.5, 0.6) is 11.5 Å². The van der Waals surface area contributed by atoms with E-state index in [2.05, 4.69) is 5.48 Å². The molecule has 0 radical (unpaired) electrons. The van der Waals surface area contributed by atoms with Gasteiger partial charge >= 0.3 is 5.97 Å². The second-order valence-electron chi connectivity index (χ2n) is 6.75. The van der Waals surface area contributed by atoms with Crippen LogP contribution in [0.25, 0.3) is 0 Å². The zero-order chi connectivity index (χ0) is 18.6. The van der Waals surface area contributed by atoms with Crippen molar-refractivity contribution in [2.75, 3.05) is 7.11 Å². The van der Waals surface area contributed by atoms with E-state index in [9.17, 15) is 4.79 Å². The van der Waals surface area contributed by atoms with Gasteiger partial charge in [0.25, 0.3) is 0 Å². The van der Waals surface area contributed by atoms with Gasteiger partial charge in [0.2, 0.25) is 0 Å². The average Bonchev–Trinajstić information content (AvgIpc) is 3.19. The first-order valence-electron chi connectivity index (χ1n) is 8.50. The molecule has 0 spiro atoms. The van der Waals surface area contributed by atoms with Gasteiger partial charge in [0.05, 0.1) is 13.0 Å². The molecule has 1 aliphatic rings. The molecule has 1 N–H and O–H groups in total. The molecule has 0 saturated heterocycles. The largest absolute Gasteiger partial charge is 0.460 e. The molecule has 0 aliphatic heterocycles. The Morgan fingerprint density at radius 3 is 2.58 bits per heavy atom. The third kappa shape index (κ3) is 4.06. The van der Waals surface area contributed by atoms with E-state index in [0.717, 1.165) is 16.9 Å². The van der Waals surface area contributed by atoms with Crippen molar-refractivity contribution in [1.82, 2.24) is 5.48 Å². The minimum Gasteiger partial charge on any atom is -0.460 e. The number of nitrogens with one attached hydrogen (secondary N) is 1. The summed E-state index contributed by atoms with van der Waals surface area (Å²) in [6, 6.07) is 17.1. The molecule has 1 fully saturated rings. The standard InChI is InChI=1S/C21H23NO4/c1-21(2)18(13-22-24-3)19(21)20(23)25-14-15-8-7-11-17(12-15)26-16-9-5-4-6-10-16/h4-13,19,22H,14H2,1-3H3. The predicted octanol–water partition coefficient (Wildman–Crippen LogP) is 4.21. The van der Waals surface area contributed by atoms with E-state index in [-0.39, 0.29) is 23.9 Å². The fourth-order valence-electron chi connectivity index (χ4n) is 2.95. The summed E-state index contributed by atoms with van der Waals surface area (Å²) in [5, 5.41) is 0. The maximum Gasteiger partial charge on any atom is 0.314 e. The van der Waals surface area contributed by atoms with Gasteiger partial charge < -0.3 is 9.47 Å². The van der Waals surface area contributed by atoms with Crippen molar-refractivity contribution in [3.63, 3.8) is 0 Å². The van der Waals surface area contributed by atoms with Crippen LogP contribution in [-0.4, -0.2) is 13.1 Å². The van der Waals surface area contributed by atoms with E-state index in [4.69, 9.17) is 14.3 Å². The summed E-state index contributed by atoms with van der Waals surface area (Å²) in [7, 11) is 1.53. The third-order valence-corrected chi connectivity index (χ3v) is 4.52. The molecule has 2 aromatic carbocycles. The van der Waals surface area contributed by atoms with Crippen LogP contribution in [0.15, 0.2) is 66.4 Å². The maximum absolute atomic E-state index is 12.4. The van der Waals surface area contributed by atoms with Crippen molar-refractivity contribution in [2.24, 2.45) is 11.3 Å². The SMILES string of the molecule is CONC=C1C(C(=O)OCc2cccc(Oc3ccccc3)c2)C1(C)C. The number of hydroxylamine groups is 1. The van der Waals surface area contributed by atoms with E-state index in [1.54, 1.807) is 6.20 Å². The van der Waals surface area contributed by atoms with Crippen LogP contribution in [-0.2, 0) is 21.0 Å². The van der Waals surface area contributed by atoms with Gasteiger partial charge in [-0.3, -0.25) is 15.1 Å². The van der Waals surface area contributed by atoms with Gasteiger partial charge in [0, 0.05) is 11.6 Å².